The number of morpholine rings is 1. The van der Waals surface area contributed by atoms with Crippen LogP contribution in [0.4, 0.5) is 0 Å². The number of aryl methyl sites for hydroxylation is 1. The van der Waals surface area contributed by atoms with Gasteiger partial charge in [0.25, 0.3) is 0 Å². The molecule has 1 N–H and O–H groups in total. The molecule has 0 saturated carbocycles. The highest BCUT2D eigenvalue weighted by atomic mass is 35.5. The molecule has 1 saturated heterocycles. The molecule has 0 aliphatic carbocycles. The minimum absolute atomic E-state index is 0.106. The molecule has 1 aromatic carbocycles. The van der Waals surface area contributed by atoms with E-state index < -0.39 is 0 Å². The average Bonchev–Trinajstić information content (AvgIpc) is 2.34. The number of ether oxygens (including phenoxy) is 1. The normalized spacial score (nSPS) is 20.2. The van der Waals surface area contributed by atoms with Crippen molar-refractivity contribution < 1.29 is 9.53 Å². The third kappa shape index (κ3) is 3.28. The summed E-state index contributed by atoms with van der Waals surface area (Å²) in [6, 6.07) is 5.56. The summed E-state index contributed by atoms with van der Waals surface area (Å²) in [5.41, 5.74) is 1.66. The Morgan fingerprint density at radius 2 is 2.41 bits per heavy atom. The van der Waals surface area contributed by atoms with Crippen molar-refractivity contribution in [2.75, 3.05) is 19.8 Å². The fraction of sp³-hybridized carbons (Fsp3) is 0.462. The van der Waals surface area contributed by atoms with E-state index in [1.807, 2.05) is 19.1 Å². The number of halogens is 1. The molecule has 0 bridgehead atoms. The molecule has 3 nitrogen and oxygen atoms in total. The molecule has 0 spiro atoms. The number of hydrogen-bond donors (Lipinski definition) is 1. The lowest BCUT2D eigenvalue weighted by atomic mass is 10.0. The summed E-state index contributed by atoms with van der Waals surface area (Å²) < 4.78 is 5.32. The largest absolute Gasteiger partial charge is 0.378 e. The number of benzene rings is 1. The lowest BCUT2D eigenvalue weighted by molar-refractivity contribution is 0.0676. The van der Waals surface area contributed by atoms with Crippen LogP contribution in [0.15, 0.2) is 18.2 Å². The van der Waals surface area contributed by atoms with Crippen molar-refractivity contribution in [1.29, 1.82) is 0 Å². The first kappa shape index (κ1) is 12.6. The zero-order chi connectivity index (χ0) is 12.3. The zero-order valence-corrected chi connectivity index (χ0v) is 10.6. The molecule has 1 atom stereocenters. The number of nitrogens with one attached hydrogen (secondary N) is 1. The van der Waals surface area contributed by atoms with Crippen molar-refractivity contribution in [3.8, 4) is 0 Å². The van der Waals surface area contributed by atoms with Gasteiger partial charge in [0, 0.05) is 29.6 Å². The van der Waals surface area contributed by atoms with Gasteiger partial charge in [-0.3, -0.25) is 4.79 Å². The first-order chi connectivity index (χ1) is 8.16. The summed E-state index contributed by atoms with van der Waals surface area (Å²) in [6.07, 6.45) is 0.458. The second-order valence-electron chi connectivity index (χ2n) is 4.32. The van der Waals surface area contributed by atoms with E-state index in [0.29, 0.717) is 23.6 Å². The van der Waals surface area contributed by atoms with Gasteiger partial charge in [0.05, 0.1) is 13.2 Å². The molecule has 2 rings (SSSR count). The van der Waals surface area contributed by atoms with E-state index in [4.69, 9.17) is 16.3 Å². The first-order valence-corrected chi connectivity index (χ1v) is 6.15. The number of rotatable bonds is 3. The first-order valence-electron chi connectivity index (χ1n) is 5.77. The van der Waals surface area contributed by atoms with Crippen LogP contribution in [0.2, 0.25) is 5.02 Å². The van der Waals surface area contributed by atoms with Crippen molar-refractivity contribution in [1.82, 2.24) is 5.32 Å². The topological polar surface area (TPSA) is 38.3 Å². The molecular weight excluding hydrogens is 238 g/mol. The van der Waals surface area contributed by atoms with Gasteiger partial charge in [-0.05, 0) is 18.6 Å². The van der Waals surface area contributed by atoms with Crippen molar-refractivity contribution in [3.05, 3.63) is 34.3 Å². The van der Waals surface area contributed by atoms with Crippen LogP contribution in [0.1, 0.15) is 22.3 Å². The molecule has 1 aromatic rings. The van der Waals surface area contributed by atoms with Crippen LogP contribution in [-0.2, 0) is 4.74 Å². The Balaban J connectivity index is 2.01. The predicted molar refractivity (Wildman–Crippen MR) is 67.7 cm³/mol. The van der Waals surface area contributed by atoms with E-state index in [2.05, 4.69) is 5.32 Å². The maximum atomic E-state index is 12.0. The Morgan fingerprint density at radius 1 is 1.59 bits per heavy atom. The number of carbonyl (C=O) groups is 1. The molecule has 0 aromatic heterocycles. The highest BCUT2D eigenvalue weighted by Crippen LogP contribution is 2.18. The lowest BCUT2D eigenvalue weighted by Crippen LogP contribution is -2.42. The third-order valence-corrected chi connectivity index (χ3v) is 3.33. The Morgan fingerprint density at radius 3 is 3.06 bits per heavy atom. The van der Waals surface area contributed by atoms with Gasteiger partial charge in [-0.1, -0.05) is 23.7 Å². The fourth-order valence-corrected chi connectivity index (χ4v) is 2.04. The van der Waals surface area contributed by atoms with Crippen LogP contribution in [0.25, 0.3) is 0 Å². The molecule has 1 unspecified atom stereocenters. The number of carbonyl (C=O) groups excluding carboxylic acids is 1. The summed E-state index contributed by atoms with van der Waals surface area (Å²) in [7, 11) is 0. The molecule has 0 amide bonds. The van der Waals surface area contributed by atoms with Crippen LogP contribution in [0.5, 0.6) is 0 Å². The number of Topliss-reactive ketones (excluding diaryl/α,β-unsaturated/α-hetero) is 1. The smallest absolute Gasteiger partial charge is 0.164 e. The van der Waals surface area contributed by atoms with Crippen LogP contribution < -0.4 is 5.32 Å². The third-order valence-electron chi connectivity index (χ3n) is 2.92. The maximum absolute atomic E-state index is 12.0. The van der Waals surface area contributed by atoms with Gasteiger partial charge in [-0.15, -0.1) is 0 Å². The molecule has 1 aliphatic rings. The molecule has 4 heteroatoms. The summed E-state index contributed by atoms with van der Waals surface area (Å²) in [5.74, 6) is 0.106. The van der Waals surface area contributed by atoms with Gasteiger partial charge in [0.1, 0.15) is 0 Å². The van der Waals surface area contributed by atoms with Gasteiger partial charge in [0.2, 0.25) is 0 Å². The van der Waals surface area contributed by atoms with Gasteiger partial charge in [0.15, 0.2) is 5.78 Å². The number of ketones is 1. The molecule has 1 fully saturated rings. The quantitative estimate of drug-likeness (QED) is 0.840. The monoisotopic (exact) mass is 253 g/mol. The van der Waals surface area contributed by atoms with Gasteiger partial charge in [-0.25, -0.2) is 0 Å². The summed E-state index contributed by atoms with van der Waals surface area (Å²) in [4.78, 5) is 12.0. The van der Waals surface area contributed by atoms with E-state index in [1.165, 1.54) is 0 Å². The fourth-order valence-electron chi connectivity index (χ4n) is 1.86. The minimum Gasteiger partial charge on any atom is -0.378 e. The molecule has 1 aliphatic heterocycles. The molecule has 17 heavy (non-hydrogen) atoms. The van der Waals surface area contributed by atoms with Gasteiger partial charge < -0.3 is 10.1 Å². The van der Waals surface area contributed by atoms with Crippen molar-refractivity contribution in [3.63, 3.8) is 0 Å². The summed E-state index contributed by atoms with van der Waals surface area (Å²) in [6.45, 7) is 4.06. The number of hydrogen-bond acceptors (Lipinski definition) is 3. The van der Waals surface area contributed by atoms with E-state index in [-0.39, 0.29) is 11.8 Å². The van der Waals surface area contributed by atoms with Crippen LogP contribution in [-0.4, -0.2) is 31.6 Å². The molecule has 0 radical (unpaired) electrons. The van der Waals surface area contributed by atoms with Crippen LogP contribution in [0, 0.1) is 6.92 Å². The van der Waals surface area contributed by atoms with Crippen molar-refractivity contribution in [2.45, 2.75) is 19.4 Å². The highest BCUT2D eigenvalue weighted by molar-refractivity contribution is 6.31. The highest BCUT2D eigenvalue weighted by Gasteiger charge is 2.18. The zero-order valence-electron chi connectivity index (χ0n) is 9.83. The Labute approximate surface area is 106 Å². The van der Waals surface area contributed by atoms with Crippen LogP contribution >= 0.6 is 11.6 Å². The van der Waals surface area contributed by atoms with E-state index >= 15 is 0 Å². The summed E-state index contributed by atoms with van der Waals surface area (Å²) in [5, 5.41) is 3.91. The van der Waals surface area contributed by atoms with E-state index in [1.54, 1.807) is 6.07 Å². The Bertz CT molecular complexity index is 414. The Kier molecular flexibility index (Phi) is 4.15. The SMILES string of the molecule is Cc1ccc(C(=O)CC2COCCN2)cc1Cl. The lowest BCUT2D eigenvalue weighted by Gasteiger charge is -2.23. The molecule has 1 heterocycles. The second kappa shape index (κ2) is 5.63. The van der Waals surface area contributed by atoms with E-state index in [0.717, 1.165) is 18.7 Å². The maximum Gasteiger partial charge on any atom is 0.164 e. The van der Waals surface area contributed by atoms with Crippen molar-refractivity contribution >= 4 is 17.4 Å². The molecule has 92 valence electrons. The van der Waals surface area contributed by atoms with Crippen LogP contribution in [0.3, 0.4) is 0 Å². The minimum atomic E-state index is 0.106. The van der Waals surface area contributed by atoms with Gasteiger partial charge >= 0.3 is 0 Å². The standard InChI is InChI=1S/C13H16ClNO2/c1-9-2-3-10(6-12(9)14)13(16)7-11-8-17-5-4-15-11/h2-3,6,11,15H,4-5,7-8H2,1H3. The molecular formula is C13H16ClNO2. The van der Waals surface area contributed by atoms with Crippen molar-refractivity contribution in [2.24, 2.45) is 0 Å². The Hall–Kier alpha value is -0.900. The van der Waals surface area contributed by atoms with Gasteiger partial charge in [-0.2, -0.15) is 0 Å². The second-order valence-corrected chi connectivity index (χ2v) is 4.72. The summed E-state index contributed by atoms with van der Waals surface area (Å²) >= 11 is 6.01. The van der Waals surface area contributed by atoms with E-state index in [9.17, 15) is 4.79 Å². The predicted octanol–water partition coefficient (Wildman–Crippen LogP) is 2.21. The average molecular weight is 254 g/mol.